The predicted molar refractivity (Wildman–Crippen MR) is 122 cm³/mol. The first-order valence-electron chi connectivity index (χ1n) is 11.3. The fraction of sp³-hybridized carbons (Fsp3) is 0.385. The van der Waals surface area contributed by atoms with Gasteiger partial charge in [-0.05, 0) is 30.5 Å². The third-order valence-electron chi connectivity index (χ3n) is 6.73. The van der Waals surface area contributed by atoms with Crippen LogP contribution in [0.15, 0.2) is 48.5 Å². The van der Waals surface area contributed by atoms with Crippen LogP contribution in [0.25, 0.3) is 10.9 Å². The average molecular weight is 416 g/mol. The number of unbranched alkanes of at least 4 members (excludes halogenated alkanes) is 2. The molecule has 1 N–H and O–H groups in total. The van der Waals surface area contributed by atoms with Gasteiger partial charge in [0.25, 0.3) is 0 Å². The lowest BCUT2D eigenvalue weighted by Crippen LogP contribution is -2.63. The Bertz CT molecular complexity index is 1150. The molecule has 5 nitrogen and oxygen atoms in total. The molecule has 5 rings (SSSR count). The van der Waals surface area contributed by atoms with Crippen LogP contribution in [0.4, 0.5) is 0 Å². The minimum absolute atomic E-state index is 0.0388. The third-order valence-corrected chi connectivity index (χ3v) is 6.73. The molecular formula is C26H29N3O2. The van der Waals surface area contributed by atoms with E-state index >= 15 is 0 Å². The topological polar surface area (TPSA) is 56.4 Å². The highest BCUT2D eigenvalue weighted by atomic mass is 16.2. The molecule has 2 aliphatic rings. The number of hydrogen-bond donors (Lipinski definition) is 1. The molecule has 1 aromatic heterocycles. The normalized spacial score (nSPS) is 20.8. The van der Waals surface area contributed by atoms with E-state index in [1.165, 1.54) is 5.56 Å². The van der Waals surface area contributed by atoms with Crippen molar-refractivity contribution in [2.45, 2.75) is 51.6 Å². The maximum absolute atomic E-state index is 13.5. The highest BCUT2D eigenvalue weighted by Crippen LogP contribution is 2.42. The molecule has 3 aromatic rings. The summed E-state index contributed by atoms with van der Waals surface area (Å²) >= 11 is 0. The van der Waals surface area contributed by atoms with Gasteiger partial charge >= 0.3 is 0 Å². The number of nitrogens with zero attached hydrogens (tertiary/aromatic N) is 2. The van der Waals surface area contributed by atoms with E-state index in [1.54, 1.807) is 4.90 Å². The van der Waals surface area contributed by atoms with Crippen molar-refractivity contribution in [3.05, 3.63) is 70.9 Å². The molecule has 0 unspecified atom stereocenters. The molecule has 0 radical (unpaired) electrons. The Balaban J connectivity index is 1.62. The van der Waals surface area contributed by atoms with Crippen molar-refractivity contribution in [3.8, 4) is 0 Å². The summed E-state index contributed by atoms with van der Waals surface area (Å²) in [5, 5.41) is 1.15. The minimum Gasteiger partial charge on any atom is -0.356 e. The summed E-state index contributed by atoms with van der Waals surface area (Å²) < 4.78 is 0. The first-order valence-corrected chi connectivity index (χ1v) is 11.3. The van der Waals surface area contributed by atoms with E-state index in [0.717, 1.165) is 47.0 Å². The van der Waals surface area contributed by atoms with Gasteiger partial charge < -0.3 is 14.8 Å². The molecule has 3 heterocycles. The number of aryl methyl sites for hydroxylation is 1. The van der Waals surface area contributed by atoms with Crippen LogP contribution in [0, 0.1) is 6.92 Å². The van der Waals surface area contributed by atoms with Crippen molar-refractivity contribution in [3.63, 3.8) is 0 Å². The first-order chi connectivity index (χ1) is 15.1. The number of hydrogen-bond acceptors (Lipinski definition) is 2. The van der Waals surface area contributed by atoms with Gasteiger partial charge in [-0.1, -0.05) is 67.8 Å². The number of aromatic amines is 1. The molecule has 0 bridgehead atoms. The number of benzene rings is 2. The molecule has 2 amide bonds. The number of amides is 2. The largest absolute Gasteiger partial charge is 0.356 e. The summed E-state index contributed by atoms with van der Waals surface area (Å²) in [6.07, 6.45) is 3.68. The number of H-pyrrole nitrogens is 1. The molecule has 0 aliphatic carbocycles. The number of fused-ring (bicyclic) bond motifs is 4. The van der Waals surface area contributed by atoms with E-state index in [0.29, 0.717) is 13.0 Å². The highest BCUT2D eigenvalue weighted by Gasteiger charge is 2.48. The second-order valence-corrected chi connectivity index (χ2v) is 8.87. The maximum atomic E-state index is 13.5. The number of piperazine rings is 1. The quantitative estimate of drug-likeness (QED) is 0.630. The lowest BCUT2D eigenvalue weighted by atomic mass is 9.86. The van der Waals surface area contributed by atoms with Crippen LogP contribution in [0.1, 0.15) is 54.6 Å². The van der Waals surface area contributed by atoms with Crippen LogP contribution in [0.2, 0.25) is 0 Å². The van der Waals surface area contributed by atoms with Crippen LogP contribution in [0.3, 0.4) is 0 Å². The number of nitrogens with one attached hydrogen (secondary N) is 1. The minimum atomic E-state index is -0.444. The Morgan fingerprint density at radius 1 is 1.06 bits per heavy atom. The smallest absolute Gasteiger partial charge is 0.246 e. The number of rotatable bonds is 5. The number of carbonyl (C=O) groups excluding carboxylic acids is 2. The van der Waals surface area contributed by atoms with Crippen molar-refractivity contribution in [1.29, 1.82) is 0 Å². The standard InChI is InChI=1S/C26H29N3O2/c1-3-4-7-13-28-16-23(30)29-22(26(28)31)15-20-19-11-5-6-12-21(19)27-24(20)25(29)18-10-8-9-17(2)14-18/h5-6,8-12,14,22,25,27H,3-4,7,13,15-16H2,1-2H3/t22-,25+/m0/s1. The number of aromatic nitrogens is 1. The van der Waals surface area contributed by atoms with Gasteiger partial charge in [0.15, 0.2) is 0 Å². The fourth-order valence-corrected chi connectivity index (χ4v) is 5.25. The van der Waals surface area contributed by atoms with E-state index in [2.05, 4.69) is 49.2 Å². The van der Waals surface area contributed by atoms with Crippen molar-refractivity contribution < 1.29 is 9.59 Å². The van der Waals surface area contributed by atoms with Gasteiger partial charge in [-0.3, -0.25) is 9.59 Å². The lowest BCUT2D eigenvalue weighted by Gasteiger charge is -2.47. The Kier molecular flexibility index (Phi) is 5.05. The molecule has 0 saturated carbocycles. The number of para-hydroxylation sites is 1. The molecule has 5 heteroatoms. The van der Waals surface area contributed by atoms with E-state index < -0.39 is 6.04 Å². The Morgan fingerprint density at radius 3 is 2.71 bits per heavy atom. The van der Waals surface area contributed by atoms with Gasteiger partial charge in [-0.15, -0.1) is 0 Å². The fourth-order valence-electron chi connectivity index (χ4n) is 5.25. The molecule has 31 heavy (non-hydrogen) atoms. The zero-order valence-corrected chi connectivity index (χ0v) is 18.2. The summed E-state index contributed by atoms with van der Waals surface area (Å²) in [4.78, 5) is 34.2. The molecule has 2 aromatic carbocycles. The van der Waals surface area contributed by atoms with Crippen molar-refractivity contribution in [2.75, 3.05) is 13.1 Å². The summed E-state index contributed by atoms with van der Waals surface area (Å²) in [5.74, 6) is 0.126. The summed E-state index contributed by atoms with van der Waals surface area (Å²) in [5.41, 5.74) is 5.47. The summed E-state index contributed by atoms with van der Waals surface area (Å²) in [6, 6.07) is 15.8. The van der Waals surface area contributed by atoms with Crippen molar-refractivity contribution in [1.82, 2.24) is 14.8 Å². The Labute approximate surface area is 183 Å². The first kappa shape index (κ1) is 19.9. The van der Waals surface area contributed by atoms with Gasteiger partial charge in [0.05, 0.1) is 12.6 Å². The van der Waals surface area contributed by atoms with Crippen LogP contribution in [0.5, 0.6) is 0 Å². The van der Waals surface area contributed by atoms with Crippen molar-refractivity contribution in [2.24, 2.45) is 0 Å². The van der Waals surface area contributed by atoms with Crippen LogP contribution < -0.4 is 0 Å². The molecule has 1 fully saturated rings. The van der Waals surface area contributed by atoms with Crippen LogP contribution in [-0.2, 0) is 16.0 Å². The summed E-state index contributed by atoms with van der Waals surface area (Å²) in [6.45, 7) is 5.06. The molecule has 0 spiro atoms. The van der Waals surface area contributed by atoms with Gasteiger partial charge in [-0.2, -0.15) is 0 Å². The molecule has 1 saturated heterocycles. The summed E-state index contributed by atoms with van der Waals surface area (Å²) in [7, 11) is 0. The molecule has 160 valence electrons. The van der Waals surface area contributed by atoms with Crippen LogP contribution in [-0.4, -0.2) is 45.7 Å². The van der Waals surface area contributed by atoms with Gasteiger partial charge in [0.1, 0.15) is 6.04 Å². The Morgan fingerprint density at radius 2 is 1.90 bits per heavy atom. The van der Waals surface area contributed by atoms with Gasteiger partial charge in [0, 0.05) is 29.6 Å². The lowest BCUT2D eigenvalue weighted by molar-refractivity contribution is -0.158. The van der Waals surface area contributed by atoms with Gasteiger partial charge in [0.2, 0.25) is 11.8 Å². The second-order valence-electron chi connectivity index (χ2n) is 8.87. The zero-order valence-electron chi connectivity index (χ0n) is 18.2. The average Bonchev–Trinajstić information content (AvgIpc) is 3.14. The SMILES string of the molecule is CCCCCN1CC(=O)N2[C@H](c3cccc(C)c3)c3[nH]c4ccccc4c3C[C@H]2C1=O. The second kappa shape index (κ2) is 7.88. The molecular weight excluding hydrogens is 386 g/mol. The predicted octanol–water partition coefficient (Wildman–Crippen LogP) is 4.35. The monoisotopic (exact) mass is 415 g/mol. The third kappa shape index (κ3) is 3.32. The Hall–Kier alpha value is -3.08. The number of carbonyl (C=O) groups is 2. The molecule has 2 atom stereocenters. The van der Waals surface area contributed by atoms with E-state index in [4.69, 9.17) is 0 Å². The van der Waals surface area contributed by atoms with E-state index in [-0.39, 0.29) is 24.4 Å². The van der Waals surface area contributed by atoms with Gasteiger partial charge in [-0.25, -0.2) is 0 Å². The van der Waals surface area contributed by atoms with Crippen molar-refractivity contribution >= 4 is 22.7 Å². The molecule has 2 aliphatic heterocycles. The van der Waals surface area contributed by atoms with Crippen LogP contribution >= 0.6 is 0 Å². The highest BCUT2D eigenvalue weighted by molar-refractivity contribution is 5.97. The van der Waals surface area contributed by atoms with E-state index in [1.807, 2.05) is 23.1 Å². The zero-order chi connectivity index (χ0) is 21.5. The maximum Gasteiger partial charge on any atom is 0.246 e. The van der Waals surface area contributed by atoms with E-state index in [9.17, 15) is 9.59 Å².